The minimum absolute atomic E-state index is 0.204. The van der Waals surface area contributed by atoms with Gasteiger partial charge in [-0.3, -0.25) is 9.59 Å². The molecular weight excluding hydrogens is 468 g/mol. The van der Waals surface area contributed by atoms with Gasteiger partial charge in [-0.15, -0.1) is 0 Å². The number of hydrogen-bond acceptors (Lipinski definition) is 7. The van der Waals surface area contributed by atoms with Crippen molar-refractivity contribution in [3.63, 3.8) is 0 Å². The second-order valence-electron chi connectivity index (χ2n) is 8.83. The van der Waals surface area contributed by atoms with Crippen LogP contribution in [-0.4, -0.2) is 53.9 Å². The summed E-state index contributed by atoms with van der Waals surface area (Å²) in [6.07, 6.45) is 2.33. The van der Waals surface area contributed by atoms with E-state index in [-0.39, 0.29) is 5.91 Å². The van der Waals surface area contributed by atoms with Crippen LogP contribution in [0.15, 0.2) is 73.1 Å². The fraction of sp³-hybridized carbons (Fsp3) is 0.214. The normalized spacial score (nSPS) is 10.9. The fourth-order valence-electron chi connectivity index (χ4n) is 3.85. The van der Waals surface area contributed by atoms with Crippen LogP contribution in [0.5, 0.6) is 5.75 Å². The standard InChI is InChI=1S/C28H30N6O3/c1-34(2)14-5-15-37-22-12-10-20(11-13-22)28(36)33-21-7-3-6-19(16-21)17-30-27-24-9-4-8-23(26(29)35)25(24)31-18-32-27/h3-4,6-13,16,18H,5,14-15,17H2,1-2H3,(H2,29,35)(H,33,36)(H,30,31,32). The Hall–Kier alpha value is -4.50. The molecule has 9 heteroatoms. The monoisotopic (exact) mass is 498 g/mol. The molecule has 0 saturated carbocycles. The van der Waals surface area contributed by atoms with Gasteiger partial charge in [0.2, 0.25) is 0 Å². The summed E-state index contributed by atoms with van der Waals surface area (Å²) in [4.78, 5) is 35.1. The molecule has 0 aliphatic heterocycles. The van der Waals surface area contributed by atoms with Crippen LogP contribution in [0.4, 0.5) is 11.5 Å². The predicted molar refractivity (Wildman–Crippen MR) is 145 cm³/mol. The van der Waals surface area contributed by atoms with Gasteiger partial charge in [-0.2, -0.15) is 0 Å². The summed E-state index contributed by atoms with van der Waals surface area (Å²) in [5.41, 5.74) is 8.48. The van der Waals surface area contributed by atoms with Crippen molar-refractivity contribution < 1.29 is 14.3 Å². The highest BCUT2D eigenvalue weighted by Crippen LogP contribution is 2.23. The first kappa shape index (κ1) is 25.6. The topological polar surface area (TPSA) is 122 Å². The molecule has 0 saturated heterocycles. The number of ether oxygens (including phenoxy) is 1. The first-order chi connectivity index (χ1) is 17.9. The molecule has 0 aliphatic carbocycles. The van der Waals surface area contributed by atoms with Gasteiger partial charge in [0.05, 0.1) is 17.7 Å². The van der Waals surface area contributed by atoms with Crippen LogP contribution in [0, 0.1) is 0 Å². The molecule has 1 aromatic heterocycles. The lowest BCUT2D eigenvalue weighted by Crippen LogP contribution is -2.15. The minimum atomic E-state index is -0.541. The van der Waals surface area contributed by atoms with E-state index in [1.807, 2.05) is 44.4 Å². The van der Waals surface area contributed by atoms with E-state index in [1.54, 1.807) is 36.4 Å². The number of amides is 2. The number of carbonyl (C=O) groups excluding carboxylic acids is 2. The molecule has 0 spiro atoms. The van der Waals surface area contributed by atoms with Crippen molar-refractivity contribution in [2.24, 2.45) is 5.73 Å². The number of anilines is 2. The average Bonchev–Trinajstić information content (AvgIpc) is 2.90. The third kappa shape index (κ3) is 6.80. The van der Waals surface area contributed by atoms with Crippen LogP contribution in [0.1, 0.15) is 32.7 Å². The van der Waals surface area contributed by atoms with E-state index in [1.165, 1.54) is 6.33 Å². The Morgan fingerprint density at radius 2 is 1.78 bits per heavy atom. The van der Waals surface area contributed by atoms with Crippen LogP contribution in [0.25, 0.3) is 10.9 Å². The number of benzene rings is 3. The van der Waals surface area contributed by atoms with Crippen LogP contribution in [0.2, 0.25) is 0 Å². The second-order valence-corrected chi connectivity index (χ2v) is 8.83. The summed E-state index contributed by atoms with van der Waals surface area (Å²) < 4.78 is 5.74. The maximum absolute atomic E-state index is 12.8. The van der Waals surface area contributed by atoms with E-state index in [9.17, 15) is 9.59 Å². The molecule has 1 heterocycles. The average molecular weight is 499 g/mol. The summed E-state index contributed by atoms with van der Waals surface area (Å²) >= 11 is 0. The van der Waals surface area contributed by atoms with Gasteiger partial charge in [0.25, 0.3) is 11.8 Å². The smallest absolute Gasteiger partial charge is 0.255 e. The zero-order valence-corrected chi connectivity index (χ0v) is 20.9. The van der Waals surface area contributed by atoms with E-state index in [0.29, 0.717) is 46.7 Å². The number of fused-ring (bicyclic) bond motifs is 1. The van der Waals surface area contributed by atoms with Crippen molar-refractivity contribution >= 4 is 34.2 Å². The molecule has 9 nitrogen and oxygen atoms in total. The first-order valence-electron chi connectivity index (χ1n) is 12.0. The van der Waals surface area contributed by atoms with Crippen molar-refractivity contribution in [1.82, 2.24) is 14.9 Å². The molecule has 37 heavy (non-hydrogen) atoms. The van der Waals surface area contributed by atoms with Gasteiger partial charge in [0.1, 0.15) is 17.9 Å². The van der Waals surface area contributed by atoms with Gasteiger partial charge in [-0.05, 0) is 74.6 Å². The Morgan fingerprint density at radius 1 is 1.00 bits per heavy atom. The summed E-state index contributed by atoms with van der Waals surface area (Å²) in [6, 6.07) is 19.9. The molecule has 2 amide bonds. The molecule has 0 fully saturated rings. The predicted octanol–water partition coefficient (Wildman–Crippen LogP) is 3.92. The Morgan fingerprint density at radius 3 is 2.54 bits per heavy atom. The lowest BCUT2D eigenvalue weighted by Gasteiger charge is -2.12. The van der Waals surface area contributed by atoms with Gasteiger partial charge < -0.3 is 26.0 Å². The Balaban J connectivity index is 1.37. The van der Waals surface area contributed by atoms with E-state index >= 15 is 0 Å². The summed E-state index contributed by atoms with van der Waals surface area (Å²) in [5, 5.41) is 6.93. The number of carbonyl (C=O) groups is 2. The van der Waals surface area contributed by atoms with E-state index in [4.69, 9.17) is 10.5 Å². The van der Waals surface area contributed by atoms with Crippen LogP contribution < -0.4 is 21.1 Å². The van der Waals surface area contributed by atoms with E-state index in [2.05, 4.69) is 25.5 Å². The quantitative estimate of drug-likeness (QED) is 0.268. The van der Waals surface area contributed by atoms with Crippen LogP contribution in [0.3, 0.4) is 0 Å². The fourth-order valence-corrected chi connectivity index (χ4v) is 3.85. The molecule has 4 rings (SSSR count). The number of para-hydroxylation sites is 1. The van der Waals surface area contributed by atoms with Crippen molar-refractivity contribution in [3.05, 3.63) is 89.7 Å². The third-order valence-electron chi connectivity index (χ3n) is 5.71. The van der Waals surface area contributed by atoms with Gasteiger partial charge in [0, 0.05) is 29.7 Å². The lowest BCUT2D eigenvalue weighted by atomic mass is 10.1. The van der Waals surface area contributed by atoms with E-state index < -0.39 is 5.91 Å². The van der Waals surface area contributed by atoms with Crippen molar-refractivity contribution in [2.75, 3.05) is 37.9 Å². The first-order valence-corrected chi connectivity index (χ1v) is 12.0. The molecule has 0 aliphatic rings. The van der Waals surface area contributed by atoms with Gasteiger partial charge in [-0.25, -0.2) is 9.97 Å². The SMILES string of the molecule is CN(C)CCCOc1ccc(C(=O)Nc2cccc(CNc3ncnc4c(C(N)=O)cccc34)c2)cc1. The minimum Gasteiger partial charge on any atom is -0.494 e. The number of primary amides is 1. The van der Waals surface area contributed by atoms with Crippen LogP contribution >= 0.6 is 0 Å². The second kappa shape index (κ2) is 12.0. The number of hydrogen-bond donors (Lipinski definition) is 3. The Bertz CT molecular complexity index is 1390. The summed E-state index contributed by atoms with van der Waals surface area (Å²) in [5.74, 6) is 0.584. The maximum Gasteiger partial charge on any atom is 0.255 e. The Kier molecular flexibility index (Phi) is 8.27. The number of nitrogens with zero attached hydrogens (tertiary/aromatic N) is 3. The molecule has 0 atom stereocenters. The maximum atomic E-state index is 12.8. The molecule has 0 radical (unpaired) electrons. The number of aromatic nitrogens is 2. The Labute approximate surface area is 215 Å². The van der Waals surface area contributed by atoms with Gasteiger partial charge >= 0.3 is 0 Å². The molecule has 190 valence electrons. The number of nitrogens with two attached hydrogens (primary N) is 1. The summed E-state index contributed by atoms with van der Waals surface area (Å²) in [7, 11) is 4.06. The highest BCUT2D eigenvalue weighted by Gasteiger charge is 2.11. The zero-order chi connectivity index (χ0) is 26.2. The third-order valence-corrected chi connectivity index (χ3v) is 5.71. The highest BCUT2D eigenvalue weighted by molar-refractivity contribution is 6.07. The molecule has 4 N–H and O–H groups in total. The molecular formula is C28H30N6O3. The summed E-state index contributed by atoms with van der Waals surface area (Å²) in [6.45, 7) is 2.04. The zero-order valence-electron chi connectivity index (χ0n) is 20.9. The van der Waals surface area contributed by atoms with Gasteiger partial charge in [0.15, 0.2) is 0 Å². The molecule has 3 aromatic carbocycles. The largest absolute Gasteiger partial charge is 0.494 e. The van der Waals surface area contributed by atoms with E-state index in [0.717, 1.165) is 24.3 Å². The molecule has 0 unspecified atom stereocenters. The lowest BCUT2D eigenvalue weighted by molar-refractivity contribution is 0.0998. The van der Waals surface area contributed by atoms with Crippen LogP contribution in [-0.2, 0) is 6.54 Å². The number of rotatable bonds is 11. The van der Waals surface area contributed by atoms with Crippen molar-refractivity contribution in [1.29, 1.82) is 0 Å². The molecule has 4 aromatic rings. The van der Waals surface area contributed by atoms with Crippen molar-refractivity contribution in [3.8, 4) is 5.75 Å². The molecule has 0 bridgehead atoms. The number of nitrogens with one attached hydrogen (secondary N) is 2. The van der Waals surface area contributed by atoms with Gasteiger partial charge in [-0.1, -0.05) is 18.2 Å². The van der Waals surface area contributed by atoms with Crippen molar-refractivity contribution in [2.45, 2.75) is 13.0 Å². The highest BCUT2D eigenvalue weighted by atomic mass is 16.5.